The van der Waals surface area contributed by atoms with Gasteiger partial charge in [0.25, 0.3) is 0 Å². The predicted octanol–water partition coefficient (Wildman–Crippen LogP) is 5.20. The SMILES string of the molecule is Fc1cc2c(OCc3ccccc3)nc(OC[C@@]34CCCN3C[C@H](F)C4)nc2c(F)c1Br. The molecule has 32 heavy (non-hydrogen) atoms. The van der Waals surface area contributed by atoms with Crippen molar-refractivity contribution in [2.45, 2.75) is 37.6 Å². The highest BCUT2D eigenvalue weighted by Crippen LogP contribution is 2.40. The van der Waals surface area contributed by atoms with Crippen LogP contribution in [0, 0.1) is 11.6 Å². The zero-order valence-corrected chi connectivity index (χ0v) is 18.7. The molecule has 3 aromatic rings. The second-order valence-corrected chi connectivity index (χ2v) is 9.13. The molecule has 1 aromatic heterocycles. The van der Waals surface area contributed by atoms with Crippen LogP contribution < -0.4 is 9.47 Å². The molecular formula is C23H21BrF3N3O2. The van der Waals surface area contributed by atoms with E-state index in [4.69, 9.17) is 9.47 Å². The van der Waals surface area contributed by atoms with Crippen molar-refractivity contribution >= 4 is 26.8 Å². The first kappa shape index (κ1) is 21.5. The molecule has 2 fully saturated rings. The van der Waals surface area contributed by atoms with Gasteiger partial charge in [-0.15, -0.1) is 0 Å². The largest absolute Gasteiger partial charge is 0.472 e. The van der Waals surface area contributed by atoms with Gasteiger partial charge in [0.15, 0.2) is 5.82 Å². The van der Waals surface area contributed by atoms with Crippen molar-refractivity contribution < 1.29 is 22.6 Å². The molecule has 2 atom stereocenters. The monoisotopic (exact) mass is 507 g/mol. The lowest BCUT2D eigenvalue weighted by Gasteiger charge is -2.30. The van der Waals surface area contributed by atoms with E-state index in [-0.39, 0.29) is 40.5 Å². The van der Waals surface area contributed by atoms with Gasteiger partial charge in [-0.25, -0.2) is 13.2 Å². The number of fused-ring (bicyclic) bond motifs is 2. The van der Waals surface area contributed by atoms with Crippen LogP contribution in [0.3, 0.4) is 0 Å². The van der Waals surface area contributed by atoms with Crippen LogP contribution in [0.4, 0.5) is 13.2 Å². The molecule has 0 unspecified atom stereocenters. The van der Waals surface area contributed by atoms with Crippen LogP contribution in [-0.2, 0) is 6.61 Å². The molecule has 2 aliphatic rings. The maximum absolute atomic E-state index is 14.8. The Bertz CT molecular complexity index is 1150. The van der Waals surface area contributed by atoms with Gasteiger partial charge in [0, 0.05) is 13.0 Å². The fourth-order valence-electron chi connectivity index (χ4n) is 4.67. The molecule has 5 nitrogen and oxygen atoms in total. The van der Waals surface area contributed by atoms with E-state index in [1.807, 2.05) is 30.3 Å². The van der Waals surface area contributed by atoms with Gasteiger partial charge in [0.1, 0.15) is 30.7 Å². The van der Waals surface area contributed by atoms with Gasteiger partial charge in [-0.05, 0) is 46.9 Å². The quantitative estimate of drug-likeness (QED) is 0.429. The maximum Gasteiger partial charge on any atom is 0.320 e. The number of hydrogen-bond acceptors (Lipinski definition) is 5. The Kier molecular flexibility index (Phi) is 5.71. The highest BCUT2D eigenvalue weighted by Gasteiger charge is 2.49. The van der Waals surface area contributed by atoms with Crippen LogP contribution in [-0.4, -0.2) is 46.3 Å². The van der Waals surface area contributed by atoms with Crippen molar-refractivity contribution in [2.24, 2.45) is 0 Å². The van der Waals surface area contributed by atoms with E-state index in [0.29, 0.717) is 13.0 Å². The van der Waals surface area contributed by atoms with Gasteiger partial charge in [0.05, 0.1) is 15.4 Å². The van der Waals surface area contributed by atoms with Crippen LogP contribution in [0.5, 0.6) is 11.9 Å². The lowest BCUT2D eigenvalue weighted by atomic mass is 9.95. The van der Waals surface area contributed by atoms with Crippen molar-refractivity contribution in [1.82, 2.24) is 14.9 Å². The summed E-state index contributed by atoms with van der Waals surface area (Å²) in [5.41, 5.74) is 0.368. The zero-order valence-electron chi connectivity index (χ0n) is 17.2. The summed E-state index contributed by atoms with van der Waals surface area (Å²) < 4.78 is 54.5. The van der Waals surface area contributed by atoms with E-state index in [2.05, 4.69) is 30.8 Å². The first-order valence-corrected chi connectivity index (χ1v) is 11.3. The van der Waals surface area contributed by atoms with Crippen LogP contribution in [0.25, 0.3) is 10.9 Å². The Hall–Kier alpha value is -2.39. The smallest absolute Gasteiger partial charge is 0.320 e. The third kappa shape index (κ3) is 3.92. The molecule has 2 saturated heterocycles. The first-order chi connectivity index (χ1) is 15.4. The van der Waals surface area contributed by atoms with Crippen molar-refractivity contribution in [3.8, 4) is 11.9 Å². The summed E-state index contributed by atoms with van der Waals surface area (Å²) in [6.45, 7) is 1.58. The standard InChI is InChI=1S/C23H21BrF3N3O2/c24-18-17(26)9-16-20(19(18)27)28-22(29-21(16)31-12-14-5-2-1-3-6-14)32-13-23-7-4-8-30(23)11-15(25)10-23/h1-3,5-6,9,15H,4,7-8,10-13H2/t15-,23+/m1/s1. The highest BCUT2D eigenvalue weighted by atomic mass is 79.9. The number of nitrogens with zero attached hydrogens (tertiary/aromatic N) is 3. The molecule has 2 aromatic carbocycles. The Morgan fingerprint density at radius 2 is 1.97 bits per heavy atom. The number of rotatable bonds is 6. The summed E-state index contributed by atoms with van der Waals surface area (Å²) in [6, 6.07) is 10.4. The molecule has 2 aliphatic heterocycles. The van der Waals surface area contributed by atoms with Crippen LogP contribution >= 0.6 is 15.9 Å². The number of benzene rings is 2. The molecule has 0 radical (unpaired) electrons. The minimum Gasteiger partial charge on any atom is -0.472 e. The van der Waals surface area contributed by atoms with Gasteiger partial charge >= 0.3 is 6.01 Å². The molecule has 0 saturated carbocycles. The normalized spacial score (nSPS) is 22.9. The Morgan fingerprint density at radius 1 is 1.16 bits per heavy atom. The number of aromatic nitrogens is 2. The van der Waals surface area contributed by atoms with E-state index in [0.717, 1.165) is 31.0 Å². The summed E-state index contributed by atoms with van der Waals surface area (Å²) in [5, 5.41) is 0.108. The minimum absolute atomic E-state index is 0.0229. The summed E-state index contributed by atoms with van der Waals surface area (Å²) >= 11 is 2.92. The molecule has 9 heteroatoms. The van der Waals surface area contributed by atoms with E-state index >= 15 is 0 Å². The van der Waals surface area contributed by atoms with Crippen molar-refractivity contribution in [3.63, 3.8) is 0 Å². The third-order valence-corrected chi connectivity index (χ3v) is 6.95. The van der Waals surface area contributed by atoms with Gasteiger partial charge in [-0.2, -0.15) is 9.97 Å². The van der Waals surface area contributed by atoms with Gasteiger partial charge in [0.2, 0.25) is 5.88 Å². The van der Waals surface area contributed by atoms with E-state index in [1.165, 1.54) is 0 Å². The first-order valence-electron chi connectivity index (χ1n) is 10.5. The van der Waals surface area contributed by atoms with Crippen LogP contribution in [0.1, 0.15) is 24.8 Å². The lowest BCUT2D eigenvalue weighted by molar-refractivity contribution is 0.106. The number of hydrogen-bond donors (Lipinski definition) is 0. The zero-order chi connectivity index (χ0) is 22.3. The Balaban J connectivity index is 1.47. The third-order valence-electron chi connectivity index (χ3n) is 6.22. The van der Waals surface area contributed by atoms with Crippen LogP contribution in [0.15, 0.2) is 40.9 Å². The minimum atomic E-state index is -0.891. The molecule has 5 rings (SSSR count). The Morgan fingerprint density at radius 3 is 2.78 bits per heavy atom. The van der Waals surface area contributed by atoms with Crippen molar-refractivity contribution in [3.05, 3.63) is 58.1 Å². The second-order valence-electron chi connectivity index (χ2n) is 8.33. The van der Waals surface area contributed by atoms with E-state index in [9.17, 15) is 13.2 Å². The van der Waals surface area contributed by atoms with Gasteiger partial charge < -0.3 is 9.47 Å². The van der Waals surface area contributed by atoms with Crippen molar-refractivity contribution in [1.29, 1.82) is 0 Å². The molecule has 0 aliphatic carbocycles. The molecule has 0 amide bonds. The predicted molar refractivity (Wildman–Crippen MR) is 116 cm³/mol. The average Bonchev–Trinajstić information content (AvgIpc) is 3.31. The molecule has 168 valence electrons. The summed E-state index contributed by atoms with van der Waals surface area (Å²) in [7, 11) is 0. The van der Waals surface area contributed by atoms with E-state index in [1.54, 1.807) is 0 Å². The fraction of sp³-hybridized carbons (Fsp3) is 0.391. The second kappa shape index (κ2) is 8.51. The molecule has 0 N–H and O–H groups in total. The van der Waals surface area contributed by atoms with Crippen molar-refractivity contribution in [2.75, 3.05) is 19.7 Å². The lowest BCUT2D eigenvalue weighted by Crippen LogP contribution is -2.43. The van der Waals surface area contributed by atoms with Gasteiger partial charge in [-0.1, -0.05) is 30.3 Å². The fourth-order valence-corrected chi connectivity index (χ4v) is 4.98. The Labute approximate surface area is 191 Å². The van der Waals surface area contributed by atoms with E-state index < -0.39 is 23.3 Å². The molecule has 0 bridgehead atoms. The maximum atomic E-state index is 14.8. The summed E-state index contributed by atoms with van der Waals surface area (Å²) in [5.74, 6) is -1.62. The molecule has 0 spiro atoms. The topological polar surface area (TPSA) is 47.5 Å². The molecule has 3 heterocycles. The average molecular weight is 508 g/mol. The van der Waals surface area contributed by atoms with Gasteiger partial charge in [-0.3, -0.25) is 4.90 Å². The number of alkyl halides is 1. The number of halogens is 4. The highest BCUT2D eigenvalue weighted by molar-refractivity contribution is 9.10. The molecular weight excluding hydrogens is 487 g/mol. The summed E-state index contributed by atoms with van der Waals surface area (Å²) in [4.78, 5) is 10.6. The number of ether oxygens (including phenoxy) is 2. The van der Waals surface area contributed by atoms with Crippen LogP contribution in [0.2, 0.25) is 0 Å². The summed E-state index contributed by atoms with van der Waals surface area (Å²) in [6.07, 6.45) is 1.30.